The number of halogens is 3. The highest BCUT2D eigenvalue weighted by Crippen LogP contribution is 2.29. The van der Waals surface area contributed by atoms with Gasteiger partial charge in [0.1, 0.15) is 5.82 Å². The molecular weight excluding hydrogens is 319 g/mol. The van der Waals surface area contributed by atoms with Crippen LogP contribution in [-0.2, 0) is 23.9 Å². The number of hydrogen-bond donors (Lipinski definition) is 2. The molecule has 2 rings (SSSR count). The summed E-state index contributed by atoms with van der Waals surface area (Å²) in [5, 5.41) is 2.68. The fourth-order valence-corrected chi connectivity index (χ4v) is 2.14. The van der Waals surface area contributed by atoms with Gasteiger partial charge in [-0.3, -0.25) is 4.79 Å². The summed E-state index contributed by atoms with van der Waals surface area (Å²) in [5.41, 5.74) is 6.79. The summed E-state index contributed by atoms with van der Waals surface area (Å²) in [7, 11) is 0. The molecule has 1 heterocycles. The zero-order chi connectivity index (χ0) is 17.7. The quantitative estimate of drug-likeness (QED) is 0.882. The fraction of sp³-hybridized carbons (Fsp3) is 0.235. The molecule has 3 N–H and O–H groups in total. The van der Waals surface area contributed by atoms with E-state index in [1.54, 1.807) is 25.1 Å². The molecule has 1 amide bonds. The third kappa shape index (κ3) is 4.97. The smallest absolute Gasteiger partial charge is 0.384 e. The number of aryl methyl sites for hydroxylation is 1. The molecule has 0 fully saturated rings. The minimum Gasteiger partial charge on any atom is -0.384 e. The Balaban J connectivity index is 1.87. The molecule has 0 saturated carbocycles. The molecule has 4 nitrogen and oxygen atoms in total. The van der Waals surface area contributed by atoms with E-state index in [2.05, 4.69) is 10.3 Å². The average Bonchev–Trinajstić information content (AvgIpc) is 2.51. The lowest BCUT2D eigenvalue weighted by Gasteiger charge is -2.09. The maximum atomic E-state index is 12.6. The van der Waals surface area contributed by atoms with Crippen LogP contribution in [0.15, 0.2) is 36.4 Å². The number of nitrogens with zero attached hydrogens (tertiary/aromatic N) is 1. The van der Waals surface area contributed by atoms with Gasteiger partial charge in [0.2, 0.25) is 5.91 Å². The first-order chi connectivity index (χ1) is 11.3. The van der Waals surface area contributed by atoms with Crippen molar-refractivity contribution in [3.05, 3.63) is 65.2 Å². The number of carbonyl (C=O) groups excluding carboxylic acids is 1. The van der Waals surface area contributed by atoms with E-state index in [-0.39, 0.29) is 18.9 Å². The van der Waals surface area contributed by atoms with Crippen LogP contribution in [0.4, 0.5) is 19.0 Å². The van der Waals surface area contributed by atoms with Crippen molar-refractivity contribution in [3.8, 4) is 0 Å². The Morgan fingerprint density at radius 2 is 2.04 bits per heavy atom. The van der Waals surface area contributed by atoms with Gasteiger partial charge in [-0.25, -0.2) is 4.98 Å². The van der Waals surface area contributed by atoms with Crippen molar-refractivity contribution < 1.29 is 18.0 Å². The SMILES string of the molecule is Cc1nc(N)ccc1CNC(=O)[CH]Cc1cccc(C(F)(F)F)c1. The van der Waals surface area contributed by atoms with E-state index in [0.717, 1.165) is 17.7 Å². The molecule has 7 heteroatoms. The zero-order valence-corrected chi connectivity index (χ0v) is 13.0. The van der Waals surface area contributed by atoms with Gasteiger partial charge in [0.15, 0.2) is 0 Å². The first kappa shape index (κ1) is 17.8. The standard InChI is InChI=1S/C17H17F3N3O/c1-11-13(6-7-15(21)23-11)10-22-16(24)8-5-12-3-2-4-14(9-12)17(18,19)20/h2-4,6-9H,5,10H2,1H3,(H2,21,23)(H,22,24). The van der Waals surface area contributed by atoms with Crippen molar-refractivity contribution in [1.82, 2.24) is 10.3 Å². The van der Waals surface area contributed by atoms with Gasteiger partial charge in [0.25, 0.3) is 0 Å². The number of nitrogens with two attached hydrogens (primary N) is 1. The summed E-state index contributed by atoms with van der Waals surface area (Å²) in [6.45, 7) is 2.06. The third-order valence-electron chi connectivity index (χ3n) is 3.45. The molecule has 127 valence electrons. The normalized spacial score (nSPS) is 11.3. The maximum absolute atomic E-state index is 12.6. The van der Waals surface area contributed by atoms with Crippen molar-refractivity contribution in [2.45, 2.75) is 26.1 Å². The molecule has 0 aliphatic heterocycles. The summed E-state index contributed by atoms with van der Waals surface area (Å²) >= 11 is 0. The molecule has 0 atom stereocenters. The molecule has 0 spiro atoms. The Bertz CT molecular complexity index is 729. The van der Waals surface area contributed by atoms with Gasteiger partial charge in [-0.05, 0) is 36.6 Å². The van der Waals surface area contributed by atoms with E-state index in [1.165, 1.54) is 12.5 Å². The van der Waals surface area contributed by atoms with Crippen molar-refractivity contribution >= 4 is 11.7 Å². The van der Waals surface area contributed by atoms with E-state index in [0.29, 0.717) is 17.1 Å². The van der Waals surface area contributed by atoms with Crippen molar-refractivity contribution in [2.75, 3.05) is 5.73 Å². The van der Waals surface area contributed by atoms with Gasteiger partial charge >= 0.3 is 6.18 Å². The molecule has 0 bridgehead atoms. The lowest BCUT2D eigenvalue weighted by atomic mass is 10.1. The van der Waals surface area contributed by atoms with E-state index in [4.69, 9.17) is 5.73 Å². The molecule has 24 heavy (non-hydrogen) atoms. The number of nitrogens with one attached hydrogen (secondary N) is 1. The highest BCUT2D eigenvalue weighted by atomic mass is 19.4. The van der Waals surface area contributed by atoms with Crippen molar-refractivity contribution in [3.63, 3.8) is 0 Å². The Morgan fingerprint density at radius 1 is 1.29 bits per heavy atom. The van der Waals surface area contributed by atoms with E-state index in [9.17, 15) is 18.0 Å². The van der Waals surface area contributed by atoms with Gasteiger partial charge in [-0.15, -0.1) is 0 Å². The number of rotatable bonds is 5. The lowest BCUT2D eigenvalue weighted by molar-refractivity contribution is -0.137. The average molecular weight is 336 g/mol. The van der Waals surface area contributed by atoms with E-state index >= 15 is 0 Å². The maximum Gasteiger partial charge on any atom is 0.416 e. The zero-order valence-electron chi connectivity index (χ0n) is 13.0. The van der Waals surface area contributed by atoms with Crippen LogP contribution in [0.25, 0.3) is 0 Å². The minimum absolute atomic E-state index is 0.120. The molecule has 1 radical (unpaired) electrons. The number of carbonyl (C=O) groups is 1. The van der Waals surface area contributed by atoms with Crippen LogP contribution >= 0.6 is 0 Å². The summed E-state index contributed by atoms with van der Waals surface area (Å²) in [6, 6.07) is 8.32. The Morgan fingerprint density at radius 3 is 2.71 bits per heavy atom. The largest absolute Gasteiger partial charge is 0.416 e. The monoisotopic (exact) mass is 336 g/mol. The summed E-state index contributed by atoms with van der Waals surface area (Å²) in [4.78, 5) is 15.9. The number of aromatic nitrogens is 1. The molecule has 0 aliphatic carbocycles. The van der Waals surface area contributed by atoms with Crippen LogP contribution in [0, 0.1) is 13.3 Å². The Kier molecular flexibility index (Phi) is 5.43. The topological polar surface area (TPSA) is 68.0 Å². The number of anilines is 1. The van der Waals surface area contributed by atoms with Gasteiger partial charge in [-0.1, -0.05) is 24.3 Å². The number of amides is 1. The second kappa shape index (κ2) is 7.33. The van der Waals surface area contributed by atoms with Gasteiger partial charge in [0.05, 0.1) is 12.0 Å². The molecule has 1 aromatic carbocycles. The van der Waals surface area contributed by atoms with Crippen LogP contribution in [-0.4, -0.2) is 10.9 Å². The number of pyridine rings is 1. The summed E-state index contributed by atoms with van der Waals surface area (Å²) < 4.78 is 37.9. The second-order valence-electron chi connectivity index (χ2n) is 5.30. The van der Waals surface area contributed by atoms with Crippen LogP contribution in [0.2, 0.25) is 0 Å². The predicted molar refractivity (Wildman–Crippen MR) is 84.7 cm³/mol. The Hall–Kier alpha value is -2.57. The molecule has 0 unspecified atom stereocenters. The molecule has 2 aromatic rings. The second-order valence-corrected chi connectivity index (χ2v) is 5.30. The number of nitrogen functional groups attached to an aromatic ring is 1. The molecule has 0 aliphatic rings. The Labute approximate surface area is 137 Å². The van der Waals surface area contributed by atoms with E-state index in [1.807, 2.05) is 0 Å². The fourth-order valence-electron chi connectivity index (χ4n) is 2.14. The van der Waals surface area contributed by atoms with Crippen LogP contribution in [0.1, 0.15) is 22.4 Å². The van der Waals surface area contributed by atoms with Crippen molar-refractivity contribution in [1.29, 1.82) is 0 Å². The van der Waals surface area contributed by atoms with Crippen LogP contribution in [0.5, 0.6) is 0 Å². The van der Waals surface area contributed by atoms with Gasteiger partial charge in [-0.2, -0.15) is 13.2 Å². The number of hydrogen-bond acceptors (Lipinski definition) is 3. The lowest BCUT2D eigenvalue weighted by Crippen LogP contribution is -2.24. The first-order valence-corrected chi connectivity index (χ1v) is 7.25. The predicted octanol–water partition coefficient (Wildman–Crippen LogP) is 3.05. The first-order valence-electron chi connectivity index (χ1n) is 7.25. The summed E-state index contributed by atoms with van der Waals surface area (Å²) in [6.07, 6.45) is -2.96. The molecular formula is C17H17F3N3O. The van der Waals surface area contributed by atoms with Gasteiger partial charge < -0.3 is 11.1 Å². The van der Waals surface area contributed by atoms with Gasteiger partial charge in [0, 0.05) is 12.2 Å². The highest BCUT2D eigenvalue weighted by molar-refractivity contribution is 5.84. The van der Waals surface area contributed by atoms with Crippen molar-refractivity contribution in [2.24, 2.45) is 0 Å². The minimum atomic E-state index is -4.39. The third-order valence-corrected chi connectivity index (χ3v) is 3.45. The van der Waals surface area contributed by atoms with E-state index < -0.39 is 11.7 Å². The molecule has 1 aromatic heterocycles. The van der Waals surface area contributed by atoms with Crippen LogP contribution < -0.4 is 11.1 Å². The summed E-state index contributed by atoms with van der Waals surface area (Å²) in [5.74, 6) is 0.0438. The molecule has 0 saturated heterocycles. The van der Waals surface area contributed by atoms with Crippen LogP contribution in [0.3, 0.4) is 0 Å². The number of alkyl halides is 3. The highest BCUT2D eigenvalue weighted by Gasteiger charge is 2.30. The number of benzene rings is 1.